The number of likely N-dealkylation sites (N-methyl/N-ethyl adjacent to an activating group) is 1. The maximum Gasteiger partial charge on any atom is 0.360 e. The number of carboxylic acids is 1. The van der Waals surface area contributed by atoms with Crippen LogP contribution in [0.5, 0.6) is 5.75 Å². The Morgan fingerprint density at radius 3 is 2.71 bits per heavy atom. The van der Waals surface area contributed by atoms with Crippen molar-refractivity contribution in [2.45, 2.75) is 0 Å². The third kappa shape index (κ3) is 2.95. The van der Waals surface area contributed by atoms with Gasteiger partial charge in [0.15, 0.2) is 18.0 Å². The van der Waals surface area contributed by atoms with Gasteiger partial charge in [0.1, 0.15) is 0 Å². The largest absolute Gasteiger partial charge is 0.491 e. The molecule has 0 aromatic heterocycles. The molecule has 0 bridgehead atoms. The van der Waals surface area contributed by atoms with Crippen molar-refractivity contribution >= 4 is 29.7 Å². The summed E-state index contributed by atoms with van der Waals surface area (Å²) in [6.07, 6.45) is 0.544. The number of halogens is 1. The second kappa shape index (κ2) is 5.16. The fraction of sp³-hybridized carbons (Fsp3) is 0.273. The molecule has 0 spiro atoms. The molecule has 5 nitrogen and oxygen atoms in total. The number of quaternary nitrogens is 1. The van der Waals surface area contributed by atoms with Gasteiger partial charge in [0.05, 0.1) is 14.2 Å². The highest BCUT2D eigenvalue weighted by molar-refractivity contribution is 6.31. The standard InChI is InChI=1S/C11H12ClNO4/c1-13(7-14,6-11(15)16)9-5-8(12)3-4-10(9)17-2/h3-5,7H,6H2,1-2H3/p+1. The highest BCUT2D eigenvalue weighted by atomic mass is 35.5. The summed E-state index contributed by atoms with van der Waals surface area (Å²) in [5, 5.41) is 9.24. The third-order valence-corrected chi connectivity index (χ3v) is 2.62. The quantitative estimate of drug-likeness (QED) is 0.643. The van der Waals surface area contributed by atoms with Gasteiger partial charge in [-0.1, -0.05) is 11.6 Å². The zero-order valence-electron chi connectivity index (χ0n) is 9.51. The molecule has 1 N–H and O–H groups in total. The average molecular weight is 259 g/mol. The lowest BCUT2D eigenvalue weighted by Gasteiger charge is -2.26. The molecule has 1 unspecified atom stereocenters. The van der Waals surface area contributed by atoms with Crippen LogP contribution in [0.15, 0.2) is 18.2 Å². The molecular formula is C11H13ClNO4+. The summed E-state index contributed by atoms with van der Waals surface area (Å²) in [6.45, 7) is -0.375. The minimum atomic E-state index is -1.08. The molecule has 1 atom stereocenters. The van der Waals surface area contributed by atoms with Crippen molar-refractivity contribution < 1.29 is 19.4 Å². The lowest BCUT2D eigenvalue weighted by Crippen LogP contribution is -2.47. The molecule has 0 aliphatic heterocycles. The van der Waals surface area contributed by atoms with E-state index >= 15 is 0 Å². The van der Waals surface area contributed by atoms with E-state index < -0.39 is 10.5 Å². The number of hydrogen-bond donors (Lipinski definition) is 1. The molecule has 0 saturated heterocycles. The molecule has 6 heteroatoms. The minimum Gasteiger partial charge on any atom is -0.491 e. The Balaban J connectivity index is 3.31. The Morgan fingerprint density at radius 1 is 1.59 bits per heavy atom. The molecule has 1 aromatic rings. The van der Waals surface area contributed by atoms with Gasteiger partial charge in [-0.25, -0.2) is 14.1 Å². The van der Waals surface area contributed by atoms with Crippen molar-refractivity contribution in [1.29, 1.82) is 0 Å². The van der Waals surface area contributed by atoms with Crippen LogP contribution in [0.3, 0.4) is 0 Å². The Bertz CT molecular complexity index is 449. The molecule has 17 heavy (non-hydrogen) atoms. The Morgan fingerprint density at radius 2 is 2.24 bits per heavy atom. The van der Waals surface area contributed by atoms with Crippen LogP contribution < -0.4 is 9.22 Å². The number of methoxy groups -OCH3 is 1. The molecule has 1 amide bonds. The molecule has 0 radical (unpaired) electrons. The van der Waals surface area contributed by atoms with E-state index in [0.717, 1.165) is 0 Å². The summed E-state index contributed by atoms with van der Waals surface area (Å²) in [7, 11) is 2.93. The van der Waals surface area contributed by atoms with Crippen molar-refractivity contribution in [3.05, 3.63) is 23.2 Å². The van der Waals surface area contributed by atoms with Crippen molar-refractivity contribution in [2.24, 2.45) is 0 Å². The zero-order chi connectivity index (χ0) is 13.1. The molecule has 0 heterocycles. The summed E-state index contributed by atoms with van der Waals surface area (Å²) in [5.41, 5.74) is 0.414. The number of ether oxygens (including phenoxy) is 1. The number of carbonyl (C=O) groups excluding carboxylic acids is 1. The van der Waals surface area contributed by atoms with E-state index in [2.05, 4.69) is 0 Å². The van der Waals surface area contributed by atoms with E-state index in [1.54, 1.807) is 12.1 Å². The second-order valence-electron chi connectivity index (χ2n) is 3.74. The number of rotatable bonds is 5. The van der Waals surface area contributed by atoms with Gasteiger partial charge >= 0.3 is 12.4 Å². The second-order valence-corrected chi connectivity index (χ2v) is 4.18. The number of carbonyl (C=O) groups is 2. The lowest BCUT2D eigenvalue weighted by molar-refractivity contribution is -0.139. The van der Waals surface area contributed by atoms with E-state index in [-0.39, 0.29) is 6.54 Å². The van der Waals surface area contributed by atoms with Crippen LogP contribution in [0.1, 0.15) is 0 Å². The molecule has 0 saturated carbocycles. The molecule has 92 valence electrons. The summed E-state index contributed by atoms with van der Waals surface area (Å²) in [5.74, 6) is -0.660. The van der Waals surface area contributed by atoms with Crippen molar-refractivity contribution in [3.63, 3.8) is 0 Å². The molecular weight excluding hydrogens is 246 g/mol. The van der Waals surface area contributed by atoms with Crippen molar-refractivity contribution in [1.82, 2.24) is 4.48 Å². The van der Waals surface area contributed by atoms with Crippen LogP contribution in [-0.2, 0) is 9.59 Å². The topological polar surface area (TPSA) is 63.6 Å². The van der Waals surface area contributed by atoms with E-state index in [0.29, 0.717) is 22.9 Å². The van der Waals surface area contributed by atoms with Gasteiger partial charge in [0.2, 0.25) is 0 Å². The first-order chi connectivity index (χ1) is 7.92. The van der Waals surface area contributed by atoms with Crippen LogP contribution >= 0.6 is 11.6 Å². The van der Waals surface area contributed by atoms with Crippen molar-refractivity contribution in [3.8, 4) is 5.75 Å². The van der Waals surface area contributed by atoms with Gasteiger partial charge in [0, 0.05) is 11.1 Å². The first-order valence-electron chi connectivity index (χ1n) is 4.80. The molecule has 1 aromatic carbocycles. The smallest absolute Gasteiger partial charge is 0.360 e. The maximum absolute atomic E-state index is 11.2. The normalized spacial score (nSPS) is 13.8. The Hall–Kier alpha value is -1.59. The number of amides is 1. The highest BCUT2D eigenvalue weighted by Gasteiger charge is 2.31. The summed E-state index contributed by atoms with van der Waals surface area (Å²) < 4.78 is 4.67. The number of hydrogen-bond acceptors (Lipinski definition) is 3. The van der Waals surface area contributed by atoms with Crippen molar-refractivity contribution in [2.75, 3.05) is 20.7 Å². The predicted octanol–water partition coefficient (Wildman–Crippen LogP) is 1.53. The van der Waals surface area contributed by atoms with Gasteiger partial charge in [0.25, 0.3) is 0 Å². The summed E-state index contributed by atoms with van der Waals surface area (Å²) in [6, 6.07) is 4.73. The number of carboxylic acid groups (broad SMARTS) is 1. The Kier molecular flexibility index (Phi) is 4.09. The van der Waals surface area contributed by atoms with Crippen LogP contribution in [0, 0.1) is 0 Å². The number of aliphatic carboxylic acids is 1. The predicted molar refractivity (Wildman–Crippen MR) is 64.3 cm³/mol. The maximum atomic E-state index is 11.2. The van der Waals surface area contributed by atoms with Crippen LogP contribution in [0.25, 0.3) is 0 Å². The van der Waals surface area contributed by atoms with Gasteiger partial charge in [-0.2, -0.15) is 0 Å². The monoisotopic (exact) mass is 258 g/mol. The lowest BCUT2D eigenvalue weighted by atomic mass is 10.2. The van der Waals surface area contributed by atoms with Crippen LogP contribution in [0.2, 0.25) is 5.02 Å². The first kappa shape index (κ1) is 13.5. The first-order valence-corrected chi connectivity index (χ1v) is 5.18. The van der Waals surface area contributed by atoms with Crippen LogP contribution in [0.4, 0.5) is 5.69 Å². The summed E-state index contributed by atoms with van der Waals surface area (Å²) >= 11 is 5.84. The van der Waals surface area contributed by atoms with Crippen LogP contribution in [-0.4, -0.2) is 38.2 Å². The molecule has 1 rings (SSSR count). The Labute approximate surface area is 104 Å². The average Bonchev–Trinajstić information content (AvgIpc) is 2.28. The highest BCUT2D eigenvalue weighted by Crippen LogP contribution is 2.33. The van der Waals surface area contributed by atoms with E-state index in [1.807, 2.05) is 0 Å². The van der Waals surface area contributed by atoms with Gasteiger partial charge < -0.3 is 9.84 Å². The minimum absolute atomic E-state index is 0.375. The van der Waals surface area contributed by atoms with Gasteiger partial charge in [-0.05, 0) is 12.1 Å². The zero-order valence-corrected chi connectivity index (χ0v) is 10.3. The van der Waals surface area contributed by atoms with E-state index in [1.165, 1.54) is 20.2 Å². The molecule has 0 fully saturated rings. The number of nitrogens with zero attached hydrogens (tertiary/aromatic N) is 1. The van der Waals surface area contributed by atoms with E-state index in [9.17, 15) is 9.59 Å². The number of benzene rings is 1. The molecule has 0 aliphatic carbocycles. The third-order valence-electron chi connectivity index (χ3n) is 2.39. The van der Waals surface area contributed by atoms with E-state index in [4.69, 9.17) is 21.4 Å². The SMILES string of the molecule is COc1ccc(Cl)cc1[N+](C)(C=O)CC(=O)O. The molecule has 0 aliphatic rings. The van der Waals surface area contributed by atoms with Gasteiger partial charge in [-0.3, -0.25) is 0 Å². The fourth-order valence-electron chi connectivity index (χ4n) is 1.52. The van der Waals surface area contributed by atoms with Gasteiger partial charge in [-0.15, -0.1) is 0 Å². The fourth-order valence-corrected chi connectivity index (χ4v) is 1.69. The summed E-state index contributed by atoms with van der Waals surface area (Å²) in [4.78, 5) is 21.9.